The van der Waals surface area contributed by atoms with E-state index >= 15 is 0 Å². The van der Waals surface area contributed by atoms with Crippen molar-refractivity contribution in [3.63, 3.8) is 0 Å². The number of ether oxygens (including phenoxy) is 3. The third-order valence-corrected chi connectivity index (χ3v) is 10.9. The van der Waals surface area contributed by atoms with Crippen molar-refractivity contribution in [2.75, 3.05) is 14.2 Å². The number of benzene rings is 3. The van der Waals surface area contributed by atoms with Gasteiger partial charge in [0.05, 0.1) is 41.1 Å². The fourth-order valence-corrected chi connectivity index (χ4v) is 8.31. The van der Waals surface area contributed by atoms with Crippen molar-refractivity contribution < 1.29 is 35.4 Å². The van der Waals surface area contributed by atoms with Crippen LogP contribution in [0.1, 0.15) is 37.8 Å². The summed E-state index contributed by atoms with van der Waals surface area (Å²) in [5, 5.41) is 0. The highest BCUT2D eigenvalue weighted by Crippen LogP contribution is 2.35. The first-order chi connectivity index (χ1) is 18.9. The first-order valence-electron chi connectivity index (χ1n) is 12.9. The van der Waals surface area contributed by atoms with Gasteiger partial charge in [-0.1, -0.05) is 12.1 Å². The van der Waals surface area contributed by atoms with E-state index in [1.54, 1.807) is 25.1 Å². The highest BCUT2D eigenvalue weighted by Gasteiger charge is 2.38. The van der Waals surface area contributed by atoms with Gasteiger partial charge in [-0.15, -0.1) is 0 Å². The number of hydrogen-bond acceptors (Lipinski definition) is 7. The van der Waals surface area contributed by atoms with Gasteiger partial charge >= 0.3 is 0 Å². The second-order valence-electron chi connectivity index (χ2n) is 10.00. The molecule has 1 saturated heterocycles. The summed E-state index contributed by atoms with van der Waals surface area (Å²) in [6.07, 6.45) is 0.592. The molecule has 40 heavy (non-hydrogen) atoms. The molecule has 0 unspecified atom stereocenters. The summed E-state index contributed by atoms with van der Waals surface area (Å²) in [5.74, 6) is 0.463. The van der Waals surface area contributed by atoms with E-state index in [0.717, 1.165) is 24.3 Å². The van der Waals surface area contributed by atoms with Gasteiger partial charge in [0.25, 0.3) is 0 Å². The molecule has 1 fully saturated rings. The van der Waals surface area contributed by atoms with Crippen LogP contribution in [0, 0.1) is 12.7 Å². The topological polar surface area (TPSA) is 99.2 Å². The van der Waals surface area contributed by atoms with E-state index in [1.807, 2.05) is 13.8 Å². The Kier molecular flexibility index (Phi) is 8.89. The lowest BCUT2D eigenvalue weighted by Crippen LogP contribution is -2.46. The van der Waals surface area contributed by atoms with Gasteiger partial charge in [0, 0.05) is 24.2 Å². The minimum Gasteiger partial charge on any atom is -0.497 e. The maximum Gasteiger partial charge on any atom is 0.243 e. The lowest BCUT2D eigenvalue weighted by atomic mass is 9.99. The summed E-state index contributed by atoms with van der Waals surface area (Å²) < 4.78 is 87.2. The number of hydrogen-bond donors (Lipinski definition) is 0. The van der Waals surface area contributed by atoms with E-state index in [2.05, 4.69) is 0 Å². The third-order valence-electron chi connectivity index (χ3n) is 7.08. The van der Waals surface area contributed by atoms with Crippen LogP contribution in [0.15, 0.2) is 75.4 Å². The van der Waals surface area contributed by atoms with E-state index < -0.39 is 31.7 Å². The maximum atomic E-state index is 14.4. The molecule has 0 aromatic heterocycles. The fraction of sp³-hybridized carbons (Fsp3) is 0.379. The monoisotopic (exact) mass is 591 g/mol. The lowest BCUT2D eigenvalue weighted by molar-refractivity contribution is -0.0540. The SMILES string of the molecule is COc1ccc(CN([C@H]2C[C@@H](C)O[C@@H](C)C2)S(=O)(=O)c2cc(S(=O)(=O)c3ccc(F)cc3)ccc2C)c(OC)c1. The van der Waals surface area contributed by atoms with Crippen LogP contribution in [0.2, 0.25) is 0 Å². The molecular weight excluding hydrogens is 557 g/mol. The van der Waals surface area contributed by atoms with Gasteiger partial charge in [-0.3, -0.25) is 0 Å². The molecule has 0 bridgehead atoms. The molecule has 1 aliphatic heterocycles. The van der Waals surface area contributed by atoms with Gasteiger partial charge in [0.1, 0.15) is 17.3 Å². The predicted octanol–water partition coefficient (Wildman–Crippen LogP) is 5.13. The highest BCUT2D eigenvalue weighted by molar-refractivity contribution is 7.91. The van der Waals surface area contributed by atoms with Gasteiger partial charge in [-0.2, -0.15) is 4.31 Å². The molecule has 0 N–H and O–H groups in total. The third kappa shape index (κ3) is 6.17. The molecule has 0 amide bonds. The fourth-order valence-electron chi connectivity index (χ4n) is 5.07. The Morgan fingerprint density at radius 2 is 1.50 bits per heavy atom. The van der Waals surface area contributed by atoms with Crippen molar-refractivity contribution in [3.8, 4) is 11.5 Å². The molecule has 0 saturated carbocycles. The summed E-state index contributed by atoms with van der Waals surface area (Å²) in [6.45, 7) is 5.43. The normalized spacial score (nSPS) is 19.9. The average molecular weight is 592 g/mol. The minimum absolute atomic E-state index is 0.00596. The molecule has 0 radical (unpaired) electrons. The van der Waals surface area contributed by atoms with Crippen LogP contribution in [0.5, 0.6) is 11.5 Å². The maximum absolute atomic E-state index is 14.4. The van der Waals surface area contributed by atoms with E-state index in [9.17, 15) is 21.2 Å². The quantitative estimate of drug-likeness (QED) is 0.318. The van der Waals surface area contributed by atoms with E-state index in [0.29, 0.717) is 35.5 Å². The Hall–Kier alpha value is -2.99. The molecule has 8 nitrogen and oxygen atoms in total. The van der Waals surface area contributed by atoms with Crippen LogP contribution in [0.3, 0.4) is 0 Å². The molecule has 3 aromatic rings. The number of rotatable bonds is 9. The van der Waals surface area contributed by atoms with Crippen LogP contribution >= 0.6 is 0 Å². The van der Waals surface area contributed by atoms with Crippen LogP contribution in [0.25, 0.3) is 0 Å². The molecule has 216 valence electrons. The predicted molar refractivity (Wildman–Crippen MR) is 148 cm³/mol. The summed E-state index contributed by atoms with van der Waals surface area (Å²) in [4.78, 5) is -0.443. The van der Waals surface area contributed by atoms with Crippen molar-refractivity contribution in [2.24, 2.45) is 0 Å². The lowest BCUT2D eigenvalue weighted by Gasteiger charge is -2.39. The number of aryl methyl sites for hydroxylation is 1. The first-order valence-corrected chi connectivity index (χ1v) is 15.8. The minimum atomic E-state index is -4.22. The molecule has 0 aliphatic carbocycles. The van der Waals surface area contributed by atoms with Gasteiger partial charge in [-0.05, 0) is 81.6 Å². The summed E-state index contributed by atoms with van der Waals surface area (Å²) in [5.41, 5.74) is 1.03. The molecule has 0 spiro atoms. The Labute approximate surface area is 235 Å². The number of nitrogens with zero attached hydrogens (tertiary/aromatic N) is 1. The number of sulfone groups is 1. The summed E-state index contributed by atoms with van der Waals surface area (Å²) in [7, 11) is -5.29. The molecule has 4 rings (SSSR count). The van der Waals surface area contributed by atoms with Gasteiger partial charge < -0.3 is 14.2 Å². The van der Waals surface area contributed by atoms with E-state index in [-0.39, 0.29) is 33.4 Å². The van der Waals surface area contributed by atoms with Gasteiger partial charge in [0.15, 0.2) is 0 Å². The van der Waals surface area contributed by atoms with Crippen LogP contribution in [0.4, 0.5) is 4.39 Å². The Morgan fingerprint density at radius 1 is 0.875 bits per heavy atom. The molecule has 3 atom stereocenters. The summed E-state index contributed by atoms with van der Waals surface area (Å²) in [6, 6.07) is 13.2. The Morgan fingerprint density at radius 3 is 2.10 bits per heavy atom. The molecule has 1 aliphatic rings. The van der Waals surface area contributed by atoms with E-state index in [1.165, 1.54) is 36.7 Å². The second-order valence-corrected chi connectivity index (χ2v) is 13.8. The zero-order chi connectivity index (χ0) is 29.2. The highest BCUT2D eigenvalue weighted by atomic mass is 32.2. The molecule has 1 heterocycles. The standard InChI is InChI=1S/C29H34FNO7S2/c1-19-6-11-27(39(32,33)26-12-8-23(30)9-13-26)17-29(19)40(34,35)31(24-14-20(2)38-21(3)15-24)18-22-7-10-25(36-4)16-28(22)37-5/h6-13,16-17,20-21,24H,14-15,18H2,1-5H3/t20-,21+,24+. The molecule has 3 aromatic carbocycles. The van der Waals surface area contributed by atoms with E-state index in [4.69, 9.17) is 14.2 Å². The smallest absolute Gasteiger partial charge is 0.243 e. The van der Waals surface area contributed by atoms with Crippen LogP contribution in [-0.4, -0.2) is 53.6 Å². The van der Waals surface area contributed by atoms with Gasteiger partial charge in [0.2, 0.25) is 19.9 Å². The molecular formula is C29H34FNO7S2. The van der Waals surface area contributed by atoms with Crippen molar-refractivity contribution in [2.45, 2.75) is 73.1 Å². The first kappa shape index (κ1) is 30.0. The zero-order valence-corrected chi connectivity index (χ0v) is 24.8. The zero-order valence-electron chi connectivity index (χ0n) is 23.1. The Balaban J connectivity index is 1.82. The number of methoxy groups -OCH3 is 2. The van der Waals surface area contributed by atoms with Crippen LogP contribution < -0.4 is 9.47 Å². The largest absolute Gasteiger partial charge is 0.497 e. The number of halogens is 1. The molecule has 11 heteroatoms. The van der Waals surface area contributed by atoms with Crippen LogP contribution in [-0.2, 0) is 31.1 Å². The van der Waals surface area contributed by atoms with Gasteiger partial charge in [-0.25, -0.2) is 21.2 Å². The van der Waals surface area contributed by atoms with Crippen molar-refractivity contribution in [1.82, 2.24) is 4.31 Å². The number of sulfonamides is 1. The van der Waals surface area contributed by atoms with Crippen molar-refractivity contribution in [3.05, 3.63) is 77.6 Å². The Bertz CT molecular complexity index is 1560. The second kappa shape index (κ2) is 11.9. The van der Waals surface area contributed by atoms with Crippen molar-refractivity contribution in [1.29, 1.82) is 0 Å². The van der Waals surface area contributed by atoms with Crippen molar-refractivity contribution >= 4 is 19.9 Å². The summed E-state index contributed by atoms with van der Waals surface area (Å²) >= 11 is 0. The average Bonchev–Trinajstić information content (AvgIpc) is 2.91.